The van der Waals surface area contributed by atoms with Crippen molar-refractivity contribution >= 4 is 0 Å². The maximum absolute atomic E-state index is 5.47. The summed E-state index contributed by atoms with van der Waals surface area (Å²) in [4.78, 5) is 9.51. The van der Waals surface area contributed by atoms with Gasteiger partial charge in [0.25, 0.3) is 0 Å². The number of piperazine rings is 1. The van der Waals surface area contributed by atoms with E-state index < -0.39 is 0 Å². The summed E-state index contributed by atoms with van der Waals surface area (Å²) in [5.41, 5.74) is 0. The number of hydrogen-bond acceptors (Lipinski definition) is 6. The molecule has 0 spiro atoms. The lowest BCUT2D eigenvalue weighted by molar-refractivity contribution is 0.0349. The van der Waals surface area contributed by atoms with Gasteiger partial charge >= 0.3 is 0 Å². The highest BCUT2D eigenvalue weighted by Gasteiger charge is 2.32. The number of nitrogens with zero attached hydrogens (tertiary/aromatic N) is 4. The summed E-state index contributed by atoms with van der Waals surface area (Å²) in [6.07, 6.45) is 2.42. The van der Waals surface area contributed by atoms with Gasteiger partial charge in [-0.25, -0.2) is 0 Å². The first-order valence-electron chi connectivity index (χ1n) is 7.99. The van der Waals surface area contributed by atoms with Crippen LogP contribution in [0.5, 0.6) is 0 Å². The molecule has 0 bridgehead atoms. The fraction of sp³-hybridized carbons (Fsp3) is 0.867. The third-order valence-corrected chi connectivity index (χ3v) is 4.68. The van der Waals surface area contributed by atoms with Crippen molar-refractivity contribution in [1.82, 2.24) is 19.9 Å². The van der Waals surface area contributed by atoms with E-state index in [2.05, 4.69) is 33.8 Å². The van der Waals surface area contributed by atoms with Gasteiger partial charge in [0.15, 0.2) is 5.82 Å². The molecule has 0 N–H and O–H groups in total. The van der Waals surface area contributed by atoms with Gasteiger partial charge in [-0.15, -0.1) is 0 Å². The average Bonchev–Trinajstić information content (AvgIpc) is 3.23. The first kappa shape index (κ1) is 14.9. The second-order valence-electron chi connectivity index (χ2n) is 6.31. The van der Waals surface area contributed by atoms with Gasteiger partial charge in [-0.2, -0.15) is 4.98 Å². The SMILES string of the molecule is COCCN1CCN([C@@H](C)c2nc(C3CC3)no2)C[C@H]1C. The van der Waals surface area contributed by atoms with Gasteiger partial charge in [-0.3, -0.25) is 9.80 Å². The average molecular weight is 294 g/mol. The zero-order chi connectivity index (χ0) is 14.8. The Kier molecular flexibility index (Phi) is 4.57. The molecule has 6 heteroatoms. The number of ether oxygens (including phenoxy) is 1. The fourth-order valence-electron chi connectivity index (χ4n) is 3.00. The zero-order valence-electron chi connectivity index (χ0n) is 13.3. The summed E-state index contributed by atoms with van der Waals surface area (Å²) in [6, 6.07) is 0.735. The Labute approximate surface area is 126 Å². The summed E-state index contributed by atoms with van der Waals surface area (Å²) in [6.45, 7) is 9.39. The molecule has 0 aromatic carbocycles. The predicted molar refractivity (Wildman–Crippen MR) is 79.2 cm³/mol. The van der Waals surface area contributed by atoms with Crippen molar-refractivity contribution in [2.45, 2.75) is 44.7 Å². The molecule has 0 unspecified atom stereocenters. The highest BCUT2D eigenvalue weighted by molar-refractivity contribution is 5.05. The van der Waals surface area contributed by atoms with Crippen LogP contribution < -0.4 is 0 Å². The molecule has 118 valence electrons. The Balaban J connectivity index is 1.56. The minimum atomic E-state index is 0.206. The number of aromatic nitrogens is 2. The molecule has 2 heterocycles. The molecule has 2 aliphatic rings. The van der Waals surface area contributed by atoms with Gasteiger partial charge in [0.2, 0.25) is 5.89 Å². The van der Waals surface area contributed by atoms with E-state index in [0.717, 1.165) is 44.5 Å². The molecule has 1 saturated heterocycles. The lowest BCUT2D eigenvalue weighted by Crippen LogP contribution is -2.53. The standard InChI is InChI=1S/C15H26N4O2/c1-11-10-19(7-6-18(11)8-9-20-3)12(2)15-16-14(17-21-15)13-4-5-13/h11-13H,4-10H2,1-3H3/t11-,12+/m1/s1. The highest BCUT2D eigenvalue weighted by Crippen LogP contribution is 2.38. The van der Waals surface area contributed by atoms with Crippen molar-refractivity contribution in [1.29, 1.82) is 0 Å². The van der Waals surface area contributed by atoms with Gasteiger partial charge in [0.05, 0.1) is 12.6 Å². The normalized spacial score (nSPS) is 26.1. The van der Waals surface area contributed by atoms with Crippen molar-refractivity contribution in [3.63, 3.8) is 0 Å². The monoisotopic (exact) mass is 294 g/mol. The Hall–Kier alpha value is -0.980. The van der Waals surface area contributed by atoms with Crippen LogP contribution in [0, 0.1) is 0 Å². The van der Waals surface area contributed by atoms with Crippen molar-refractivity contribution in [2.24, 2.45) is 0 Å². The van der Waals surface area contributed by atoms with E-state index in [4.69, 9.17) is 9.26 Å². The molecule has 2 fully saturated rings. The number of rotatable bonds is 6. The molecule has 1 aromatic rings. The molecule has 0 amide bonds. The van der Waals surface area contributed by atoms with Gasteiger partial charge in [-0.05, 0) is 26.7 Å². The van der Waals surface area contributed by atoms with E-state index in [-0.39, 0.29) is 6.04 Å². The smallest absolute Gasteiger partial charge is 0.243 e. The molecule has 1 aliphatic heterocycles. The summed E-state index contributed by atoms with van der Waals surface area (Å²) < 4.78 is 10.7. The Bertz CT molecular complexity index is 460. The molecular formula is C15H26N4O2. The minimum absolute atomic E-state index is 0.206. The Morgan fingerprint density at radius 3 is 2.86 bits per heavy atom. The molecule has 21 heavy (non-hydrogen) atoms. The summed E-state index contributed by atoms with van der Waals surface area (Å²) >= 11 is 0. The molecular weight excluding hydrogens is 268 g/mol. The van der Waals surface area contributed by atoms with Crippen LogP contribution >= 0.6 is 0 Å². The minimum Gasteiger partial charge on any atom is -0.383 e. The van der Waals surface area contributed by atoms with Crippen LogP contribution in [0.1, 0.15) is 50.4 Å². The summed E-state index contributed by atoms with van der Waals surface area (Å²) in [7, 11) is 1.76. The molecule has 1 saturated carbocycles. The van der Waals surface area contributed by atoms with Crippen LogP contribution in [0.2, 0.25) is 0 Å². The molecule has 2 atom stereocenters. The van der Waals surface area contributed by atoms with Crippen LogP contribution in [-0.4, -0.2) is 65.9 Å². The third-order valence-electron chi connectivity index (χ3n) is 4.68. The summed E-state index contributed by atoms with van der Waals surface area (Å²) in [5.74, 6) is 2.23. The quantitative estimate of drug-likeness (QED) is 0.795. The molecule has 1 aliphatic carbocycles. The van der Waals surface area contributed by atoms with Crippen molar-refractivity contribution in [2.75, 3.05) is 39.9 Å². The van der Waals surface area contributed by atoms with Crippen LogP contribution in [0.25, 0.3) is 0 Å². The second kappa shape index (κ2) is 6.42. The van der Waals surface area contributed by atoms with Crippen molar-refractivity contribution < 1.29 is 9.26 Å². The second-order valence-corrected chi connectivity index (χ2v) is 6.31. The van der Waals surface area contributed by atoms with E-state index >= 15 is 0 Å². The number of methoxy groups -OCH3 is 1. The molecule has 0 radical (unpaired) electrons. The maximum Gasteiger partial charge on any atom is 0.243 e. The highest BCUT2D eigenvalue weighted by atomic mass is 16.5. The topological polar surface area (TPSA) is 54.6 Å². The van der Waals surface area contributed by atoms with Crippen LogP contribution in [0.3, 0.4) is 0 Å². The molecule has 6 nitrogen and oxygen atoms in total. The number of hydrogen-bond donors (Lipinski definition) is 0. The fourth-order valence-corrected chi connectivity index (χ4v) is 3.00. The Morgan fingerprint density at radius 1 is 1.38 bits per heavy atom. The molecule has 1 aromatic heterocycles. The van der Waals surface area contributed by atoms with Crippen molar-refractivity contribution in [3.8, 4) is 0 Å². The van der Waals surface area contributed by atoms with Gasteiger partial charge < -0.3 is 9.26 Å². The van der Waals surface area contributed by atoms with Crippen LogP contribution in [-0.2, 0) is 4.74 Å². The van der Waals surface area contributed by atoms with E-state index in [1.54, 1.807) is 7.11 Å². The maximum atomic E-state index is 5.47. The lowest BCUT2D eigenvalue weighted by Gasteiger charge is -2.41. The van der Waals surface area contributed by atoms with Gasteiger partial charge in [0.1, 0.15) is 0 Å². The van der Waals surface area contributed by atoms with Crippen LogP contribution in [0.15, 0.2) is 4.52 Å². The Morgan fingerprint density at radius 2 is 2.19 bits per heavy atom. The third kappa shape index (κ3) is 3.44. The van der Waals surface area contributed by atoms with Crippen LogP contribution in [0.4, 0.5) is 0 Å². The van der Waals surface area contributed by atoms with E-state index in [1.165, 1.54) is 12.8 Å². The van der Waals surface area contributed by atoms with E-state index in [0.29, 0.717) is 12.0 Å². The first-order valence-corrected chi connectivity index (χ1v) is 7.99. The lowest BCUT2D eigenvalue weighted by atomic mass is 10.1. The summed E-state index contributed by atoms with van der Waals surface area (Å²) in [5, 5.41) is 4.13. The zero-order valence-corrected chi connectivity index (χ0v) is 13.3. The van der Waals surface area contributed by atoms with E-state index in [9.17, 15) is 0 Å². The largest absolute Gasteiger partial charge is 0.383 e. The molecule has 3 rings (SSSR count). The first-order chi connectivity index (χ1) is 10.2. The van der Waals surface area contributed by atoms with Gasteiger partial charge in [0, 0.05) is 45.2 Å². The van der Waals surface area contributed by atoms with Crippen molar-refractivity contribution in [3.05, 3.63) is 11.7 Å². The predicted octanol–water partition coefficient (Wildman–Crippen LogP) is 1.66. The van der Waals surface area contributed by atoms with Gasteiger partial charge in [-0.1, -0.05) is 5.16 Å². The van der Waals surface area contributed by atoms with E-state index in [1.807, 2.05) is 0 Å².